The quantitative estimate of drug-likeness (QED) is 0.902. The molecule has 0 radical (unpaired) electrons. The first-order valence-electron chi connectivity index (χ1n) is 4.19. The number of rotatable bonds is 2. The largest absolute Gasteiger partial charge is 0.383 e. The summed E-state index contributed by atoms with van der Waals surface area (Å²) in [7, 11) is 1.83. The summed E-state index contributed by atoms with van der Waals surface area (Å²) in [6, 6.07) is 1.91. The van der Waals surface area contributed by atoms with Crippen molar-refractivity contribution in [3.05, 3.63) is 37.2 Å². The number of thiophene rings is 1. The number of aromatic nitrogens is 2. The lowest BCUT2D eigenvalue weighted by Crippen LogP contribution is -1.97. The Morgan fingerprint density at radius 2 is 2.27 bits per heavy atom. The van der Waals surface area contributed by atoms with Gasteiger partial charge in [-0.25, -0.2) is 0 Å². The smallest absolute Gasteiger partial charge is 0.109 e. The van der Waals surface area contributed by atoms with Crippen LogP contribution in [-0.4, -0.2) is 14.9 Å². The van der Waals surface area contributed by atoms with Crippen LogP contribution in [0.25, 0.3) is 0 Å². The summed E-state index contributed by atoms with van der Waals surface area (Å²) in [5.74, 6) is 0. The summed E-state index contributed by atoms with van der Waals surface area (Å²) in [6.45, 7) is 0. The molecule has 0 saturated carbocycles. The second-order valence-electron chi connectivity index (χ2n) is 3.13. The number of hydrogen-bond donors (Lipinski definition) is 1. The van der Waals surface area contributed by atoms with Crippen LogP contribution in [0, 0.1) is 0 Å². The second-order valence-corrected chi connectivity index (χ2v) is 6.88. The monoisotopic (exact) mass is 350 g/mol. The standard InChI is InChI=1S/C9H8Br2N2OS/c1-13-4-5(3-12-13)8(14)6-2-7(10)15-9(6)11/h2-4,8,14H,1H3. The second kappa shape index (κ2) is 4.37. The Labute approximate surface area is 108 Å². The van der Waals surface area contributed by atoms with Gasteiger partial charge in [0.05, 0.1) is 13.8 Å². The van der Waals surface area contributed by atoms with Gasteiger partial charge in [0.1, 0.15) is 6.10 Å². The van der Waals surface area contributed by atoms with Crippen molar-refractivity contribution < 1.29 is 5.11 Å². The average Bonchev–Trinajstić information content (AvgIpc) is 2.71. The highest BCUT2D eigenvalue weighted by Crippen LogP contribution is 2.37. The summed E-state index contributed by atoms with van der Waals surface area (Å²) in [5, 5.41) is 14.1. The number of aryl methyl sites for hydroxylation is 1. The molecule has 6 heteroatoms. The van der Waals surface area contributed by atoms with Crippen LogP contribution in [0.5, 0.6) is 0 Å². The maximum Gasteiger partial charge on any atom is 0.109 e. The highest BCUT2D eigenvalue weighted by molar-refractivity contribution is 9.12. The van der Waals surface area contributed by atoms with Gasteiger partial charge in [0.15, 0.2) is 0 Å². The normalized spacial score (nSPS) is 13.1. The fourth-order valence-corrected chi connectivity index (χ4v) is 4.18. The molecule has 0 fully saturated rings. The van der Waals surface area contributed by atoms with E-state index in [1.807, 2.05) is 19.3 Å². The van der Waals surface area contributed by atoms with Crippen molar-refractivity contribution in [2.75, 3.05) is 0 Å². The fraction of sp³-hybridized carbons (Fsp3) is 0.222. The Balaban J connectivity index is 2.35. The molecule has 2 rings (SSSR count). The van der Waals surface area contributed by atoms with Gasteiger partial charge in [-0.2, -0.15) is 5.10 Å². The van der Waals surface area contributed by atoms with Gasteiger partial charge in [-0.15, -0.1) is 11.3 Å². The van der Waals surface area contributed by atoms with Gasteiger partial charge in [-0.1, -0.05) is 0 Å². The van der Waals surface area contributed by atoms with Crippen LogP contribution < -0.4 is 0 Å². The average molecular weight is 352 g/mol. The number of halogens is 2. The van der Waals surface area contributed by atoms with Crippen molar-refractivity contribution in [3.8, 4) is 0 Å². The molecule has 3 nitrogen and oxygen atoms in total. The number of hydrogen-bond acceptors (Lipinski definition) is 3. The number of nitrogens with zero attached hydrogens (tertiary/aromatic N) is 2. The van der Waals surface area contributed by atoms with E-state index < -0.39 is 6.10 Å². The van der Waals surface area contributed by atoms with Crippen LogP contribution in [0.3, 0.4) is 0 Å². The number of aliphatic hydroxyl groups is 1. The molecular weight excluding hydrogens is 344 g/mol. The Kier molecular flexibility index (Phi) is 3.30. The van der Waals surface area contributed by atoms with E-state index in [4.69, 9.17) is 0 Å². The molecule has 1 N–H and O–H groups in total. The van der Waals surface area contributed by atoms with Crippen molar-refractivity contribution in [1.29, 1.82) is 0 Å². The highest BCUT2D eigenvalue weighted by atomic mass is 79.9. The van der Waals surface area contributed by atoms with Crippen LogP contribution in [0.2, 0.25) is 0 Å². The zero-order chi connectivity index (χ0) is 11.0. The van der Waals surface area contributed by atoms with Gasteiger partial charge >= 0.3 is 0 Å². The summed E-state index contributed by atoms with van der Waals surface area (Å²) < 4.78 is 3.60. The minimum absolute atomic E-state index is 0.629. The Morgan fingerprint density at radius 3 is 2.73 bits per heavy atom. The minimum atomic E-state index is -0.629. The zero-order valence-electron chi connectivity index (χ0n) is 7.82. The van der Waals surface area contributed by atoms with Gasteiger partial charge in [0.2, 0.25) is 0 Å². The highest BCUT2D eigenvalue weighted by Gasteiger charge is 2.17. The van der Waals surface area contributed by atoms with Crippen molar-refractivity contribution in [1.82, 2.24) is 9.78 Å². The van der Waals surface area contributed by atoms with Gasteiger partial charge < -0.3 is 5.11 Å². The third kappa shape index (κ3) is 2.33. The Bertz CT molecular complexity index is 480. The van der Waals surface area contributed by atoms with E-state index in [-0.39, 0.29) is 0 Å². The van der Waals surface area contributed by atoms with Gasteiger partial charge in [-0.3, -0.25) is 4.68 Å². The lowest BCUT2D eigenvalue weighted by molar-refractivity contribution is 0.220. The van der Waals surface area contributed by atoms with Crippen LogP contribution in [0.4, 0.5) is 0 Å². The molecule has 0 amide bonds. The lowest BCUT2D eigenvalue weighted by atomic mass is 10.1. The van der Waals surface area contributed by atoms with Crippen molar-refractivity contribution in [2.24, 2.45) is 7.05 Å². The molecule has 2 aromatic heterocycles. The summed E-state index contributed by atoms with van der Waals surface area (Å²) >= 11 is 8.35. The molecule has 1 atom stereocenters. The van der Waals surface area contributed by atoms with E-state index in [1.165, 1.54) is 0 Å². The molecule has 2 aromatic rings. The van der Waals surface area contributed by atoms with E-state index in [1.54, 1.807) is 22.2 Å². The molecule has 80 valence electrons. The molecule has 0 saturated heterocycles. The summed E-state index contributed by atoms with van der Waals surface area (Å²) in [6.07, 6.45) is 2.85. The summed E-state index contributed by atoms with van der Waals surface area (Å²) in [4.78, 5) is 0. The fourth-order valence-electron chi connectivity index (χ4n) is 1.30. The molecule has 0 bridgehead atoms. The molecule has 0 aliphatic rings. The van der Waals surface area contributed by atoms with Crippen LogP contribution in [0.1, 0.15) is 17.2 Å². The maximum absolute atomic E-state index is 10.1. The SMILES string of the molecule is Cn1cc(C(O)c2cc(Br)sc2Br)cn1. The first kappa shape index (κ1) is 11.3. The van der Waals surface area contributed by atoms with E-state index in [2.05, 4.69) is 37.0 Å². The third-order valence-electron chi connectivity index (χ3n) is 2.02. The van der Waals surface area contributed by atoms with Crippen molar-refractivity contribution in [3.63, 3.8) is 0 Å². The molecule has 2 heterocycles. The van der Waals surface area contributed by atoms with Gasteiger partial charge in [0.25, 0.3) is 0 Å². The molecular formula is C9H8Br2N2OS. The number of aliphatic hydroxyl groups excluding tert-OH is 1. The van der Waals surface area contributed by atoms with Crippen LogP contribution in [-0.2, 0) is 7.05 Å². The summed E-state index contributed by atoms with van der Waals surface area (Å²) in [5.41, 5.74) is 1.66. The molecule has 1 unspecified atom stereocenters. The van der Waals surface area contributed by atoms with Gasteiger partial charge in [-0.05, 0) is 37.9 Å². The minimum Gasteiger partial charge on any atom is -0.383 e. The zero-order valence-corrected chi connectivity index (χ0v) is 11.8. The van der Waals surface area contributed by atoms with Crippen LogP contribution >= 0.6 is 43.2 Å². The van der Waals surface area contributed by atoms with Crippen molar-refractivity contribution >= 4 is 43.2 Å². The first-order chi connectivity index (χ1) is 7.08. The topological polar surface area (TPSA) is 38.0 Å². The van der Waals surface area contributed by atoms with Crippen molar-refractivity contribution in [2.45, 2.75) is 6.10 Å². The van der Waals surface area contributed by atoms with E-state index >= 15 is 0 Å². The van der Waals surface area contributed by atoms with Crippen LogP contribution in [0.15, 0.2) is 26.0 Å². The first-order valence-corrected chi connectivity index (χ1v) is 6.59. The predicted molar refractivity (Wildman–Crippen MR) is 67.0 cm³/mol. The predicted octanol–water partition coefficient (Wildman–Crippen LogP) is 3.09. The molecule has 0 aromatic carbocycles. The van der Waals surface area contributed by atoms with Gasteiger partial charge in [0, 0.05) is 24.4 Å². The molecule has 15 heavy (non-hydrogen) atoms. The Morgan fingerprint density at radius 1 is 1.53 bits per heavy atom. The van der Waals surface area contributed by atoms with E-state index in [0.29, 0.717) is 0 Å². The Hall–Kier alpha value is -0.170. The third-order valence-corrected chi connectivity index (χ3v) is 4.40. The van der Waals surface area contributed by atoms with E-state index in [9.17, 15) is 5.11 Å². The maximum atomic E-state index is 10.1. The molecule has 0 aliphatic carbocycles. The molecule has 0 aliphatic heterocycles. The lowest BCUT2D eigenvalue weighted by Gasteiger charge is -2.06. The molecule has 0 spiro atoms. The van der Waals surface area contributed by atoms with E-state index in [0.717, 1.165) is 18.7 Å².